The summed E-state index contributed by atoms with van der Waals surface area (Å²) in [6, 6.07) is 18.6. The topological polar surface area (TPSA) is 48.5 Å². The van der Waals surface area contributed by atoms with Crippen LogP contribution in [0.1, 0.15) is 11.3 Å². The van der Waals surface area contributed by atoms with E-state index >= 15 is 0 Å². The molecule has 0 unspecified atom stereocenters. The number of hydrogen-bond acceptors (Lipinski definition) is 4. The molecule has 1 N–H and O–H groups in total. The number of pyridine rings is 1. The molecule has 31 heavy (non-hydrogen) atoms. The van der Waals surface area contributed by atoms with Crippen molar-refractivity contribution in [2.75, 3.05) is 42.9 Å². The second-order valence-corrected chi connectivity index (χ2v) is 7.87. The number of anilines is 2. The fourth-order valence-electron chi connectivity index (χ4n) is 3.98. The van der Waals surface area contributed by atoms with Crippen LogP contribution in [0, 0.1) is 6.92 Å². The van der Waals surface area contributed by atoms with Crippen molar-refractivity contribution in [3.63, 3.8) is 0 Å². The van der Waals surface area contributed by atoms with Gasteiger partial charge in [0.05, 0.1) is 5.52 Å². The molecule has 0 saturated carbocycles. The Hall–Kier alpha value is -1.99. The monoisotopic (exact) mass is 478 g/mol. The molecule has 1 aliphatic rings. The molecular weight excluding hydrogens is 451 g/mol. The van der Waals surface area contributed by atoms with Crippen LogP contribution in [0.15, 0.2) is 54.6 Å². The zero-order chi connectivity index (χ0) is 20.2. The maximum absolute atomic E-state index is 11.3. The normalized spacial score (nSPS) is 13.9. The van der Waals surface area contributed by atoms with E-state index in [-0.39, 0.29) is 30.1 Å². The van der Waals surface area contributed by atoms with E-state index in [1.165, 1.54) is 11.1 Å². The Balaban J connectivity index is 0.00000171. The molecule has 2 heterocycles. The lowest BCUT2D eigenvalue weighted by Gasteiger charge is -2.36. The molecule has 3 aromatic rings. The summed E-state index contributed by atoms with van der Waals surface area (Å²) in [7, 11) is 0. The van der Waals surface area contributed by atoms with Gasteiger partial charge >= 0.3 is 0 Å². The molecule has 1 saturated heterocycles. The van der Waals surface area contributed by atoms with Gasteiger partial charge in [-0.1, -0.05) is 36.9 Å². The van der Waals surface area contributed by atoms with Crippen molar-refractivity contribution in [2.24, 2.45) is 0 Å². The minimum Gasteiger partial charge on any atom is -0.368 e. The van der Waals surface area contributed by atoms with Crippen LogP contribution in [0.3, 0.4) is 0 Å². The van der Waals surface area contributed by atoms with E-state index < -0.39 is 0 Å². The lowest BCUT2D eigenvalue weighted by atomic mass is 10.1. The van der Waals surface area contributed by atoms with E-state index in [2.05, 4.69) is 69.1 Å². The van der Waals surface area contributed by atoms with Crippen molar-refractivity contribution in [1.82, 2.24) is 9.88 Å². The number of halogens is 2. The van der Waals surface area contributed by atoms with Gasteiger partial charge < -0.3 is 10.2 Å². The number of para-hydroxylation sites is 1. The van der Waals surface area contributed by atoms with Crippen molar-refractivity contribution < 1.29 is 4.79 Å². The minimum absolute atomic E-state index is 0. The Bertz CT molecular complexity index is 1030. The Morgan fingerprint density at radius 3 is 2.48 bits per heavy atom. The molecule has 0 radical (unpaired) electrons. The molecular formula is C23H28Cl2N4OS. The maximum Gasteiger partial charge on any atom is 0.280 e. The summed E-state index contributed by atoms with van der Waals surface area (Å²) >= 11 is 3.83. The van der Waals surface area contributed by atoms with Gasteiger partial charge in [-0.2, -0.15) is 0 Å². The van der Waals surface area contributed by atoms with Crippen molar-refractivity contribution in [1.29, 1.82) is 0 Å². The van der Waals surface area contributed by atoms with Crippen molar-refractivity contribution in [2.45, 2.75) is 13.3 Å². The quantitative estimate of drug-likeness (QED) is 0.493. The van der Waals surface area contributed by atoms with Gasteiger partial charge in [-0.05, 0) is 49.2 Å². The van der Waals surface area contributed by atoms with Crippen LogP contribution in [0.4, 0.5) is 16.2 Å². The predicted molar refractivity (Wildman–Crippen MR) is 138 cm³/mol. The van der Waals surface area contributed by atoms with Crippen LogP contribution < -0.4 is 10.2 Å². The minimum atomic E-state index is -0.328. The Labute approximate surface area is 201 Å². The number of carbonyl (C=O) groups is 1. The molecule has 1 amide bonds. The van der Waals surface area contributed by atoms with Gasteiger partial charge in [-0.25, -0.2) is 0 Å². The highest BCUT2D eigenvalue weighted by molar-refractivity contribution is 7.96. The van der Waals surface area contributed by atoms with Crippen LogP contribution in [0.25, 0.3) is 10.9 Å². The van der Waals surface area contributed by atoms with Gasteiger partial charge in [0.1, 0.15) is 0 Å². The number of hydrogen-bond donors (Lipinski definition) is 2. The number of aryl methyl sites for hydroxylation is 1. The highest BCUT2D eigenvalue weighted by Gasteiger charge is 2.19. The first-order valence-corrected chi connectivity index (χ1v) is 10.5. The van der Waals surface area contributed by atoms with E-state index in [9.17, 15) is 4.79 Å². The third-order valence-electron chi connectivity index (χ3n) is 5.52. The number of aromatic nitrogens is 1. The summed E-state index contributed by atoms with van der Waals surface area (Å²) in [5.74, 6) is 0. The average Bonchev–Trinajstić information content (AvgIpc) is 2.72. The standard InChI is InChI=1S/C23H26N4OS.2ClH/c1-17-9-10-19-21(24-17)7-4-8-22(19)27-15-13-26(14-16-27)12-11-18-5-2-3-6-20(18)25-23(28)29;;/h2-10H,11-16H2,1H3,(H2,25,28,29);2*1H. The summed E-state index contributed by atoms with van der Waals surface area (Å²) in [5.41, 5.74) is 5.38. The van der Waals surface area contributed by atoms with E-state index in [1.54, 1.807) is 0 Å². The fourth-order valence-corrected chi connectivity index (χ4v) is 4.10. The number of piperazine rings is 1. The zero-order valence-corrected chi connectivity index (χ0v) is 20.0. The van der Waals surface area contributed by atoms with Gasteiger partial charge in [-0.3, -0.25) is 14.7 Å². The Morgan fingerprint density at radius 1 is 1.00 bits per heavy atom. The number of benzene rings is 2. The number of amides is 1. The highest BCUT2D eigenvalue weighted by Crippen LogP contribution is 2.27. The largest absolute Gasteiger partial charge is 0.368 e. The van der Waals surface area contributed by atoms with Crippen molar-refractivity contribution in [3.05, 3.63) is 65.9 Å². The first-order valence-electron chi connectivity index (χ1n) is 10.0. The summed E-state index contributed by atoms with van der Waals surface area (Å²) < 4.78 is 0. The predicted octanol–water partition coefficient (Wildman–Crippen LogP) is 5.21. The fraction of sp³-hybridized carbons (Fsp3) is 0.304. The van der Waals surface area contributed by atoms with E-state index in [0.29, 0.717) is 0 Å². The van der Waals surface area contributed by atoms with E-state index in [0.717, 1.165) is 61.6 Å². The third-order valence-corrected chi connectivity index (χ3v) is 5.63. The lowest BCUT2D eigenvalue weighted by Crippen LogP contribution is -2.47. The molecule has 166 valence electrons. The van der Waals surface area contributed by atoms with Crippen LogP contribution in [0.2, 0.25) is 0 Å². The first kappa shape index (κ1) is 25.3. The van der Waals surface area contributed by atoms with Crippen LogP contribution in [-0.4, -0.2) is 47.8 Å². The zero-order valence-electron chi connectivity index (χ0n) is 17.5. The number of nitrogens with one attached hydrogen (secondary N) is 1. The van der Waals surface area contributed by atoms with E-state index in [1.807, 2.05) is 25.1 Å². The Morgan fingerprint density at radius 2 is 1.74 bits per heavy atom. The van der Waals surface area contributed by atoms with Crippen molar-refractivity contribution >= 4 is 65.0 Å². The van der Waals surface area contributed by atoms with Crippen molar-refractivity contribution in [3.8, 4) is 0 Å². The molecule has 1 aromatic heterocycles. The van der Waals surface area contributed by atoms with Crippen LogP contribution >= 0.6 is 37.4 Å². The van der Waals surface area contributed by atoms with E-state index in [4.69, 9.17) is 0 Å². The molecule has 0 atom stereocenters. The van der Waals surface area contributed by atoms with Gasteiger partial charge in [0.2, 0.25) is 0 Å². The number of carbonyl (C=O) groups excluding carboxylic acids is 1. The summed E-state index contributed by atoms with van der Waals surface area (Å²) in [4.78, 5) is 20.9. The highest BCUT2D eigenvalue weighted by atomic mass is 35.5. The summed E-state index contributed by atoms with van der Waals surface area (Å²) in [6.07, 6.45) is 0.904. The second kappa shape index (κ2) is 11.6. The number of nitrogens with zero attached hydrogens (tertiary/aromatic N) is 3. The molecule has 0 spiro atoms. The third kappa shape index (κ3) is 6.26. The number of rotatable bonds is 5. The molecule has 1 fully saturated rings. The molecule has 2 aromatic carbocycles. The van der Waals surface area contributed by atoms with Gasteiger partial charge in [-0.15, -0.1) is 24.8 Å². The number of fused-ring (bicyclic) bond motifs is 1. The molecule has 4 rings (SSSR count). The molecule has 0 bridgehead atoms. The SMILES string of the molecule is Cc1ccc2c(N3CCN(CCc4ccccc4NC(=O)S)CC3)cccc2n1.Cl.Cl. The first-order chi connectivity index (χ1) is 14.1. The van der Waals surface area contributed by atoms with Crippen LogP contribution in [0.5, 0.6) is 0 Å². The molecule has 0 aliphatic carbocycles. The van der Waals surface area contributed by atoms with Crippen LogP contribution in [-0.2, 0) is 6.42 Å². The van der Waals surface area contributed by atoms with Gasteiger partial charge in [0, 0.05) is 55.2 Å². The second-order valence-electron chi connectivity index (χ2n) is 7.46. The lowest BCUT2D eigenvalue weighted by molar-refractivity contribution is 0.261. The molecule has 5 nitrogen and oxygen atoms in total. The average molecular weight is 479 g/mol. The summed E-state index contributed by atoms with van der Waals surface area (Å²) in [6.45, 7) is 7.06. The van der Waals surface area contributed by atoms with Gasteiger partial charge in [0.15, 0.2) is 0 Å². The maximum atomic E-state index is 11.3. The molecule has 8 heteroatoms. The summed E-state index contributed by atoms with van der Waals surface area (Å²) in [5, 5.41) is 3.70. The van der Waals surface area contributed by atoms with Gasteiger partial charge in [0.25, 0.3) is 5.24 Å². The number of thiol groups is 1. The Kier molecular flexibility index (Phi) is 9.44. The smallest absolute Gasteiger partial charge is 0.280 e. The molecule has 1 aliphatic heterocycles.